The van der Waals surface area contributed by atoms with E-state index in [2.05, 4.69) is 35.0 Å². The van der Waals surface area contributed by atoms with Gasteiger partial charge < -0.3 is 0 Å². The molecule has 3 aromatic rings. The van der Waals surface area contributed by atoms with Gasteiger partial charge in [0.2, 0.25) is 5.91 Å². The third-order valence-electron chi connectivity index (χ3n) is 6.84. The lowest BCUT2D eigenvalue weighted by Crippen LogP contribution is -2.39. The number of amides is 1. The Morgan fingerprint density at radius 3 is 2.67 bits per heavy atom. The van der Waals surface area contributed by atoms with Crippen molar-refractivity contribution >= 4 is 11.7 Å². The van der Waals surface area contributed by atoms with Gasteiger partial charge in [0, 0.05) is 43.2 Å². The van der Waals surface area contributed by atoms with Gasteiger partial charge in [0.1, 0.15) is 11.6 Å². The average molecular weight is 442 g/mol. The van der Waals surface area contributed by atoms with Crippen LogP contribution in [-0.4, -0.2) is 38.8 Å². The van der Waals surface area contributed by atoms with Gasteiger partial charge in [0.15, 0.2) is 0 Å². The monoisotopic (exact) mass is 441 g/mol. The van der Waals surface area contributed by atoms with Crippen molar-refractivity contribution in [2.75, 3.05) is 18.0 Å². The molecular weight excluding hydrogens is 410 g/mol. The third-order valence-corrected chi connectivity index (χ3v) is 6.84. The van der Waals surface area contributed by atoms with E-state index in [1.165, 1.54) is 24.0 Å². The Hall–Kier alpha value is -3.12. The molecule has 0 N–H and O–H groups in total. The van der Waals surface area contributed by atoms with E-state index in [1.807, 2.05) is 41.6 Å². The predicted molar refractivity (Wildman–Crippen MR) is 129 cm³/mol. The van der Waals surface area contributed by atoms with Gasteiger partial charge in [0.05, 0.1) is 6.04 Å². The minimum absolute atomic E-state index is 0.163. The molecule has 0 aliphatic carbocycles. The summed E-state index contributed by atoms with van der Waals surface area (Å²) in [6, 6.07) is 14.6. The van der Waals surface area contributed by atoms with Crippen LogP contribution in [0.25, 0.3) is 0 Å². The predicted octanol–water partition coefficient (Wildman–Crippen LogP) is 4.43. The van der Waals surface area contributed by atoms with Crippen molar-refractivity contribution in [3.05, 3.63) is 83.1 Å². The van der Waals surface area contributed by atoms with E-state index in [0.29, 0.717) is 13.0 Å². The molecule has 1 atom stereocenters. The minimum atomic E-state index is 0.163. The van der Waals surface area contributed by atoms with Crippen LogP contribution in [0.3, 0.4) is 0 Å². The smallest absolute Gasteiger partial charge is 0.228 e. The van der Waals surface area contributed by atoms with Crippen molar-refractivity contribution in [3.8, 4) is 0 Å². The van der Waals surface area contributed by atoms with Gasteiger partial charge >= 0.3 is 0 Å². The molecule has 2 aromatic heterocycles. The van der Waals surface area contributed by atoms with Crippen molar-refractivity contribution in [1.29, 1.82) is 0 Å². The van der Waals surface area contributed by atoms with Crippen molar-refractivity contribution in [2.45, 2.75) is 58.0 Å². The number of benzene rings is 1. The van der Waals surface area contributed by atoms with Crippen LogP contribution in [0.4, 0.5) is 5.82 Å². The average Bonchev–Trinajstić information content (AvgIpc) is 2.85. The Morgan fingerprint density at radius 2 is 1.85 bits per heavy atom. The maximum absolute atomic E-state index is 12.9. The molecule has 5 rings (SSSR count). The van der Waals surface area contributed by atoms with Gasteiger partial charge in [-0.25, -0.2) is 9.97 Å². The largest absolute Gasteiger partial charge is 0.296 e. The number of piperidine rings is 1. The Bertz CT molecular complexity index is 1100. The number of fused-ring (bicyclic) bond motifs is 1. The summed E-state index contributed by atoms with van der Waals surface area (Å²) in [5.74, 6) is 1.85. The normalized spacial score (nSPS) is 18.9. The fourth-order valence-corrected chi connectivity index (χ4v) is 5.07. The van der Waals surface area contributed by atoms with Crippen LogP contribution in [0.1, 0.15) is 59.9 Å². The third kappa shape index (κ3) is 4.81. The minimum Gasteiger partial charge on any atom is -0.296 e. The summed E-state index contributed by atoms with van der Waals surface area (Å²) in [5, 5.41) is 0. The first-order valence-corrected chi connectivity index (χ1v) is 12.0. The second kappa shape index (κ2) is 9.79. The summed E-state index contributed by atoms with van der Waals surface area (Å²) in [6.07, 6.45) is 9.22. The molecule has 0 unspecified atom stereocenters. The second-order valence-electron chi connectivity index (χ2n) is 9.09. The number of pyridine rings is 1. The van der Waals surface area contributed by atoms with Crippen molar-refractivity contribution in [2.24, 2.45) is 0 Å². The number of hydrogen-bond acceptors (Lipinski definition) is 5. The first kappa shape index (κ1) is 21.7. The fourth-order valence-electron chi connectivity index (χ4n) is 5.07. The quantitative estimate of drug-likeness (QED) is 0.566. The highest BCUT2D eigenvalue weighted by molar-refractivity contribution is 5.95. The van der Waals surface area contributed by atoms with E-state index in [0.717, 1.165) is 55.3 Å². The maximum atomic E-state index is 12.9. The van der Waals surface area contributed by atoms with Gasteiger partial charge in [-0.2, -0.15) is 0 Å². The van der Waals surface area contributed by atoms with Gasteiger partial charge in [-0.1, -0.05) is 42.8 Å². The van der Waals surface area contributed by atoms with Crippen molar-refractivity contribution in [3.63, 3.8) is 0 Å². The van der Waals surface area contributed by atoms with Crippen LogP contribution >= 0.6 is 0 Å². The summed E-state index contributed by atoms with van der Waals surface area (Å²) < 4.78 is 0. The fraction of sp³-hybridized carbons (Fsp3) is 0.407. The highest BCUT2D eigenvalue weighted by atomic mass is 16.2. The summed E-state index contributed by atoms with van der Waals surface area (Å²) in [4.78, 5) is 31.6. The Morgan fingerprint density at radius 1 is 1.00 bits per heavy atom. The number of likely N-dealkylation sites (tertiary alicyclic amines) is 1. The summed E-state index contributed by atoms with van der Waals surface area (Å²) in [7, 11) is 0. The molecule has 6 heteroatoms. The molecule has 0 bridgehead atoms. The van der Waals surface area contributed by atoms with Crippen LogP contribution in [0.5, 0.6) is 0 Å². The lowest BCUT2D eigenvalue weighted by atomic mass is 9.98. The van der Waals surface area contributed by atoms with Crippen molar-refractivity contribution in [1.82, 2.24) is 19.9 Å². The molecule has 1 saturated heterocycles. The number of carbonyl (C=O) groups is 1. The molecule has 1 aromatic carbocycles. The van der Waals surface area contributed by atoms with E-state index >= 15 is 0 Å². The standard InChI is InChI=1S/C27H31N5O/c1-20-23-12-13-25(33)32(17-14-21-8-3-2-4-9-21)27(23)30-26(29-20)24-11-5-6-16-31(24)19-22-10-7-15-28-18-22/h2-4,7-10,15,18,24H,5-6,11-14,16-17,19H2,1H3/t24-/m1/s1. The first-order valence-electron chi connectivity index (χ1n) is 12.0. The topological polar surface area (TPSA) is 62.2 Å². The van der Waals surface area contributed by atoms with Crippen LogP contribution in [0, 0.1) is 6.92 Å². The Kier molecular flexibility index (Phi) is 6.44. The SMILES string of the molecule is Cc1nc([C@H]2CCCCN2Cc2cccnc2)nc2c1CCC(=O)N2CCc1ccccc1. The van der Waals surface area contributed by atoms with E-state index < -0.39 is 0 Å². The number of hydrogen-bond donors (Lipinski definition) is 0. The van der Waals surface area contributed by atoms with Gasteiger partial charge in [-0.05, 0) is 56.3 Å². The summed E-state index contributed by atoms with van der Waals surface area (Å²) in [6.45, 7) is 4.59. The van der Waals surface area contributed by atoms with Gasteiger partial charge in [0.25, 0.3) is 0 Å². The van der Waals surface area contributed by atoms with Crippen LogP contribution < -0.4 is 4.90 Å². The number of carbonyl (C=O) groups excluding carboxylic acids is 1. The number of aromatic nitrogens is 3. The molecule has 0 saturated carbocycles. The number of nitrogens with zero attached hydrogens (tertiary/aromatic N) is 5. The van der Waals surface area contributed by atoms with Crippen LogP contribution in [-0.2, 0) is 24.2 Å². The molecular formula is C27H31N5O. The molecule has 33 heavy (non-hydrogen) atoms. The molecule has 1 amide bonds. The molecule has 1 fully saturated rings. The van der Waals surface area contributed by atoms with E-state index in [-0.39, 0.29) is 11.9 Å². The molecule has 170 valence electrons. The van der Waals surface area contributed by atoms with E-state index in [1.54, 1.807) is 0 Å². The Balaban J connectivity index is 1.43. The van der Waals surface area contributed by atoms with Crippen LogP contribution in [0.2, 0.25) is 0 Å². The zero-order valence-electron chi connectivity index (χ0n) is 19.3. The summed E-state index contributed by atoms with van der Waals surface area (Å²) >= 11 is 0. The van der Waals surface area contributed by atoms with E-state index in [9.17, 15) is 4.79 Å². The number of anilines is 1. The molecule has 6 nitrogen and oxygen atoms in total. The lowest BCUT2D eigenvalue weighted by Gasteiger charge is -2.36. The maximum Gasteiger partial charge on any atom is 0.228 e. The first-order chi connectivity index (χ1) is 16.2. The molecule has 0 radical (unpaired) electrons. The molecule has 2 aliphatic heterocycles. The zero-order chi connectivity index (χ0) is 22.6. The number of aryl methyl sites for hydroxylation is 1. The highest BCUT2D eigenvalue weighted by Gasteiger charge is 2.32. The van der Waals surface area contributed by atoms with Gasteiger partial charge in [-0.15, -0.1) is 0 Å². The lowest BCUT2D eigenvalue weighted by molar-refractivity contribution is -0.118. The molecule has 0 spiro atoms. The van der Waals surface area contributed by atoms with Crippen molar-refractivity contribution < 1.29 is 4.79 Å². The highest BCUT2D eigenvalue weighted by Crippen LogP contribution is 2.34. The molecule has 4 heterocycles. The van der Waals surface area contributed by atoms with Gasteiger partial charge in [-0.3, -0.25) is 19.6 Å². The van der Waals surface area contributed by atoms with E-state index in [4.69, 9.17) is 9.97 Å². The summed E-state index contributed by atoms with van der Waals surface area (Å²) in [5.41, 5.74) is 4.58. The van der Waals surface area contributed by atoms with Crippen LogP contribution in [0.15, 0.2) is 54.9 Å². The number of rotatable bonds is 6. The Labute approximate surface area is 195 Å². The zero-order valence-corrected chi connectivity index (χ0v) is 19.3. The molecule has 2 aliphatic rings. The second-order valence-corrected chi connectivity index (χ2v) is 9.09.